The van der Waals surface area contributed by atoms with Crippen LogP contribution in [-0.2, 0) is 9.59 Å². The lowest BCUT2D eigenvalue weighted by atomic mass is 10.0. The molecule has 4 rings (SSSR count). The van der Waals surface area contributed by atoms with Crippen LogP contribution in [0.15, 0.2) is 54.4 Å². The highest BCUT2D eigenvalue weighted by atomic mass is 19.1. The average Bonchev–Trinajstić information content (AvgIpc) is 2.99. The van der Waals surface area contributed by atoms with Crippen LogP contribution in [0.25, 0.3) is 5.57 Å². The molecule has 1 aromatic heterocycles. The molecule has 7 heteroatoms. The van der Waals surface area contributed by atoms with Crippen molar-refractivity contribution in [3.63, 3.8) is 0 Å². The summed E-state index contributed by atoms with van der Waals surface area (Å²) < 4.78 is 13.5. The molecule has 2 aliphatic rings. The first-order chi connectivity index (χ1) is 14.5. The van der Waals surface area contributed by atoms with Gasteiger partial charge in [0, 0.05) is 38.9 Å². The number of hydrogen-bond donors (Lipinski definition) is 0. The predicted molar refractivity (Wildman–Crippen MR) is 113 cm³/mol. The van der Waals surface area contributed by atoms with Gasteiger partial charge in [-0.3, -0.25) is 14.5 Å². The summed E-state index contributed by atoms with van der Waals surface area (Å²) in [5.74, 6) is 0.121. The summed E-state index contributed by atoms with van der Waals surface area (Å²) in [6, 6.07) is 11.6. The van der Waals surface area contributed by atoms with Crippen LogP contribution in [0.4, 0.5) is 10.2 Å². The van der Waals surface area contributed by atoms with E-state index in [2.05, 4.69) is 9.88 Å². The Hall–Kier alpha value is -3.22. The van der Waals surface area contributed by atoms with Gasteiger partial charge in [-0.1, -0.05) is 32.0 Å². The first-order valence-electron chi connectivity index (χ1n) is 10.2. The Kier molecular flexibility index (Phi) is 5.53. The van der Waals surface area contributed by atoms with E-state index in [0.29, 0.717) is 49.6 Å². The predicted octanol–water partition coefficient (Wildman–Crippen LogP) is 2.78. The third-order valence-corrected chi connectivity index (χ3v) is 5.39. The van der Waals surface area contributed by atoms with Gasteiger partial charge >= 0.3 is 0 Å². The molecular weight excluding hydrogens is 383 g/mol. The first-order valence-corrected chi connectivity index (χ1v) is 10.2. The second-order valence-corrected chi connectivity index (χ2v) is 8.01. The molecule has 0 atom stereocenters. The molecule has 156 valence electrons. The highest BCUT2D eigenvalue weighted by molar-refractivity contribution is 6.35. The van der Waals surface area contributed by atoms with E-state index in [9.17, 15) is 14.0 Å². The van der Waals surface area contributed by atoms with E-state index >= 15 is 0 Å². The summed E-state index contributed by atoms with van der Waals surface area (Å²) in [5.41, 5.74) is 1.36. The number of piperazine rings is 1. The molecule has 0 saturated carbocycles. The minimum Gasteiger partial charge on any atom is -0.363 e. The highest BCUT2D eigenvalue weighted by Gasteiger charge is 2.42. The van der Waals surface area contributed by atoms with Crippen molar-refractivity contribution in [2.24, 2.45) is 5.92 Å². The van der Waals surface area contributed by atoms with Gasteiger partial charge in [0.05, 0.1) is 5.57 Å². The van der Waals surface area contributed by atoms with Gasteiger partial charge in [0.15, 0.2) is 0 Å². The van der Waals surface area contributed by atoms with Crippen LogP contribution >= 0.6 is 0 Å². The van der Waals surface area contributed by atoms with Crippen molar-refractivity contribution in [1.29, 1.82) is 0 Å². The number of nitrogens with zero attached hydrogens (tertiary/aromatic N) is 4. The zero-order valence-corrected chi connectivity index (χ0v) is 17.2. The number of rotatable bonds is 5. The number of benzene rings is 1. The van der Waals surface area contributed by atoms with Gasteiger partial charge in [-0.05, 0) is 35.7 Å². The van der Waals surface area contributed by atoms with Crippen LogP contribution in [0.5, 0.6) is 0 Å². The highest BCUT2D eigenvalue weighted by Crippen LogP contribution is 2.33. The Bertz CT molecular complexity index is 964. The minimum atomic E-state index is -0.374. The Labute approximate surface area is 175 Å². The lowest BCUT2D eigenvalue weighted by Gasteiger charge is -2.37. The fourth-order valence-corrected chi connectivity index (χ4v) is 3.96. The number of carbonyl (C=O) groups excluding carboxylic acids is 2. The van der Waals surface area contributed by atoms with Crippen molar-refractivity contribution in [1.82, 2.24) is 14.8 Å². The number of imide groups is 1. The van der Waals surface area contributed by atoms with E-state index in [0.717, 1.165) is 5.82 Å². The zero-order chi connectivity index (χ0) is 21.3. The third-order valence-electron chi connectivity index (χ3n) is 5.39. The van der Waals surface area contributed by atoms with Crippen molar-refractivity contribution in [2.75, 3.05) is 37.6 Å². The molecule has 1 aromatic carbocycles. The van der Waals surface area contributed by atoms with E-state index in [-0.39, 0.29) is 23.5 Å². The van der Waals surface area contributed by atoms with Gasteiger partial charge in [0.2, 0.25) is 0 Å². The molecule has 1 fully saturated rings. The molecule has 0 N–H and O–H groups in total. The molecule has 1 saturated heterocycles. The van der Waals surface area contributed by atoms with Crippen LogP contribution < -0.4 is 4.90 Å². The van der Waals surface area contributed by atoms with Gasteiger partial charge in [0.1, 0.15) is 17.3 Å². The summed E-state index contributed by atoms with van der Waals surface area (Å²) in [7, 11) is 0. The van der Waals surface area contributed by atoms with E-state index in [1.165, 1.54) is 17.0 Å². The molecule has 2 amide bonds. The largest absolute Gasteiger partial charge is 0.363 e. The summed E-state index contributed by atoms with van der Waals surface area (Å²) in [6.07, 6.45) is 1.76. The van der Waals surface area contributed by atoms with Gasteiger partial charge in [-0.25, -0.2) is 9.37 Å². The van der Waals surface area contributed by atoms with Crippen molar-refractivity contribution in [3.05, 3.63) is 65.7 Å². The molecule has 0 unspecified atom stereocenters. The molecule has 0 spiro atoms. The van der Waals surface area contributed by atoms with Crippen molar-refractivity contribution in [2.45, 2.75) is 13.8 Å². The van der Waals surface area contributed by atoms with Crippen LogP contribution in [0.2, 0.25) is 0 Å². The van der Waals surface area contributed by atoms with Crippen LogP contribution in [0, 0.1) is 11.7 Å². The number of aromatic nitrogens is 1. The van der Waals surface area contributed by atoms with Crippen molar-refractivity contribution in [3.8, 4) is 0 Å². The van der Waals surface area contributed by atoms with E-state index < -0.39 is 0 Å². The van der Waals surface area contributed by atoms with Gasteiger partial charge < -0.3 is 9.80 Å². The number of pyridine rings is 1. The lowest BCUT2D eigenvalue weighted by molar-refractivity contribution is -0.138. The fourth-order valence-electron chi connectivity index (χ4n) is 3.96. The molecule has 0 bridgehead atoms. The number of hydrogen-bond acceptors (Lipinski definition) is 5. The second-order valence-electron chi connectivity index (χ2n) is 8.01. The van der Waals surface area contributed by atoms with Crippen LogP contribution in [-0.4, -0.2) is 59.3 Å². The van der Waals surface area contributed by atoms with Crippen molar-refractivity contribution >= 4 is 23.2 Å². The zero-order valence-electron chi connectivity index (χ0n) is 17.2. The van der Waals surface area contributed by atoms with Crippen LogP contribution in [0.1, 0.15) is 19.4 Å². The average molecular weight is 408 g/mol. The van der Waals surface area contributed by atoms with E-state index in [1.54, 1.807) is 18.3 Å². The first kappa shape index (κ1) is 20.1. The van der Waals surface area contributed by atoms with Crippen molar-refractivity contribution < 1.29 is 14.0 Å². The maximum absolute atomic E-state index is 13.5. The van der Waals surface area contributed by atoms with Gasteiger partial charge in [-0.15, -0.1) is 0 Å². The molecule has 0 radical (unpaired) electrons. The normalized spacial score (nSPS) is 17.5. The Morgan fingerprint density at radius 1 is 0.933 bits per heavy atom. The second kappa shape index (κ2) is 8.26. The molecule has 6 nitrogen and oxygen atoms in total. The SMILES string of the molecule is CC(C)CN1C(=O)C(c2ccc(F)cc2)=C(N2CCN(c3ccccn3)CC2)C1=O. The lowest BCUT2D eigenvalue weighted by Crippen LogP contribution is -2.48. The van der Waals surface area contributed by atoms with E-state index in [1.807, 2.05) is 36.9 Å². The Morgan fingerprint density at radius 3 is 2.20 bits per heavy atom. The molecule has 3 heterocycles. The van der Waals surface area contributed by atoms with Crippen LogP contribution in [0.3, 0.4) is 0 Å². The smallest absolute Gasteiger partial charge is 0.277 e. The quantitative estimate of drug-likeness (QED) is 0.712. The van der Waals surface area contributed by atoms with Gasteiger partial charge in [-0.2, -0.15) is 0 Å². The number of carbonyl (C=O) groups is 2. The number of amides is 2. The van der Waals surface area contributed by atoms with E-state index in [4.69, 9.17) is 0 Å². The minimum absolute atomic E-state index is 0.160. The molecule has 2 aliphatic heterocycles. The van der Waals surface area contributed by atoms with Gasteiger partial charge in [0.25, 0.3) is 11.8 Å². The summed E-state index contributed by atoms with van der Waals surface area (Å²) in [4.78, 5) is 36.3. The molecule has 30 heavy (non-hydrogen) atoms. The fraction of sp³-hybridized carbons (Fsp3) is 0.348. The topological polar surface area (TPSA) is 56.8 Å². The maximum atomic E-state index is 13.5. The summed E-state index contributed by atoms with van der Waals surface area (Å²) in [5, 5.41) is 0. The molecular formula is C23H25FN4O2. The standard InChI is InChI=1S/C23H25FN4O2/c1-16(2)15-28-22(29)20(17-6-8-18(24)9-7-17)21(23(28)30)27-13-11-26(12-14-27)19-5-3-4-10-25-19/h3-10,16H,11-15H2,1-2H3. The Morgan fingerprint density at radius 2 is 1.60 bits per heavy atom. The maximum Gasteiger partial charge on any atom is 0.277 e. The summed E-state index contributed by atoms with van der Waals surface area (Å²) in [6.45, 7) is 6.91. The number of halogens is 1. The summed E-state index contributed by atoms with van der Waals surface area (Å²) >= 11 is 0. The monoisotopic (exact) mass is 408 g/mol. The number of anilines is 1. The molecule has 2 aromatic rings. The Balaban J connectivity index is 1.64. The molecule has 0 aliphatic carbocycles. The third kappa shape index (κ3) is 3.79.